The molecule has 0 aliphatic carbocycles. The summed E-state index contributed by atoms with van der Waals surface area (Å²) < 4.78 is 21.5. The van der Waals surface area contributed by atoms with Crippen LogP contribution in [-0.2, 0) is 64.6 Å². The molecular weight excluding hydrogens is 1570 g/mol. The maximum Gasteiger partial charge on any atom is 0.410 e. The molecule has 3 aliphatic heterocycles. The van der Waals surface area contributed by atoms with Crippen LogP contribution in [0.5, 0.6) is 0 Å². The molecule has 3 aliphatic rings. The lowest BCUT2D eigenvalue weighted by Crippen LogP contribution is -2.39. The highest BCUT2D eigenvalue weighted by Gasteiger charge is 2.32. The van der Waals surface area contributed by atoms with Crippen LogP contribution >= 0.6 is 58.2 Å². The summed E-state index contributed by atoms with van der Waals surface area (Å²) in [6.07, 6.45) is 8.75. The van der Waals surface area contributed by atoms with E-state index in [0.717, 1.165) is 93.4 Å². The molecule has 5 N–H and O–H groups in total. The number of thioether (sulfide) groups is 1. The Bertz CT molecular complexity index is 5790. The van der Waals surface area contributed by atoms with Crippen LogP contribution < -0.4 is 38.4 Å². The maximum atomic E-state index is 13.3. The number of thiazole rings is 3. The van der Waals surface area contributed by atoms with Crippen LogP contribution in [0.4, 0.5) is 38.5 Å². The number of ether oxygens (including phenoxy) is 2. The number of nitrogens with zero attached hydrogens (tertiary/aromatic N) is 17. The van der Waals surface area contributed by atoms with E-state index in [1.807, 2.05) is 151 Å². The highest BCUT2D eigenvalue weighted by Crippen LogP contribution is 2.35. The average molecular weight is 1680 g/mol. The van der Waals surface area contributed by atoms with Crippen molar-refractivity contribution in [3.63, 3.8) is 0 Å². The van der Waals surface area contributed by atoms with Gasteiger partial charge in [-0.25, -0.2) is 72.6 Å². The van der Waals surface area contributed by atoms with Crippen molar-refractivity contribution >= 4 is 132 Å². The van der Waals surface area contributed by atoms with E-state index in [2.05, 4.69) is 122 Å². The van der Waals surface area contributed by atoms with E-state index in [4.69, 9.17) is 40.1 Å². The Morgan fingerprint density at radius 2 is 0.845 bits per heavy atom. The molecule has 0 atom stereocenters. The van der Waals surface area contributed by atoms with Crippen LogP contribution in [0.2, 0.25) is 0 Å². The Morgan fingerprint density at radius 3 is 1.22 bits per heavy atom. The lowest BCUT2D eigenvalue weighted by molar-refractivity contribution is 0.0214. The minimum atomic E-state index is -0.526. The second kappa shape index (κ2) is 34.4. The van der Waals surface area contributed by atoms with Crippen LogP contribution in [0.3, 0.4) is 0 Å². The summed E-state index contributed by atoms with van der Waals surface area (Å²) in [6, 6.07) is 18.1. The molecule has 0 saturated heterocycles. The predicted molar refractivity (Wildman–Crippen MR) is 469 cm³/mol. The molecule has 9 aromatic heterocycles. The normalized spacial score (nSPS) is 13.8. The van der Waals surface area contributed by atoms with Gasteiger partial charge in [0.05, 0.1) is 17.1 Å². The number of hydrogen-bond donors (Lipinski definition) is 4. The molecule has 2 amide bonds. The Hall–Kier alpha value is -9.86. The molecule has 33 heteroatoms. The Labute approximate surface area is 698 Å². The topological polar surface area (TPSA) is 318 Å². The number of hydrogen-bond acceptors (Lipinski definition) is 24. The first-order chi connectivity index (χ1) is 54.0. The van der Waals surface area contributed by atoms with Crippen molar-refractivity contribution in [1.82, 2.24) is 88.1 Å². The summed E-state index contributed by atoms with van der Waals surface area (Å²) in [5, 5.41) is 20.4. The number of rotatable bonds is 11. The van der Waals surface area contributed by atoms with Crippen molar-refractivity contribution in [2.75, 3.05) is 42.3 Å². The molecule has 0 fully saturated rings. The summed E-state index contributed by atoms with van der Waals surface area (Å²) in [5.41, 5.74) is 18.7. The highest BCUT2D eigenvalue weighted by atomic mass is 35.5. The van der Waals surface area contributed by atoms with Crippen molar-refractivity contribution in [3.05, 3.63) is 171 Å². The number of benzene rings is 3. The lowest BCUT2D eigenvalue weighted by Gasteiger charge is -2.31. The zero-order valence-electron chi connectivity index (χ0n) is 70.3. The Morgan fingerprint density at radius 1 is 0.483 bits per heavy atom. The van der Waals surface area contributed by atoms with Gasteiger partial charge in [0.1, 0.15) is 27.4 Å². The second-order valence-electron chi connectivity index (χ2n) is 34.9. The van der Waals surface area contributed by atoms with Gasteiger partial charge in [-0.1, -0.05) is 92.3 Å². The fourth-order valence-electron chi connectivity index (χ4n) is 13.3. The molecule has 618 valence electrons. The zero-order chi connectivity index (χ0) is 83.3. The van der Waals surface area contributed by atoms with E-state index in [0.29, 0.717) is 81.5 Å². The number of anilines is 5. The van der Waals surface area contributed by atoms with E-state index in [1.165, 1.54) is 62.5 Å². The van der Waals surface area contributed by atoms with E-state index in [1.54, 1.807) is 42.4 Å². The maximum absolute atomic E-state index is 13.3. The molecular formula is C83H108ClN21O7S4. The number of nitrogen functional groups attached to an aromatic ring is 1. The molecule has 15 rings (SSSR count). The molecule has 0 radical (unpaired) electrons. The summed E-state index contributed by atoms with van der Waals surface area (Å²) in [6.45, 7) is 46.5. The van der Waals surface area contributed by atoms with Crippen LogP contribution in [0, 0.1) is 0 Å². The van der Waals surface area contributed by atoms with Crippen LogP contribution in [0.15, 0.2) is 109 Å². The number of halogens is 1. The molecule has 3 aromatic carbocycles. The van der Waals surface area contributed by atoms with Gasteiger partial charge in [-0.05, 0) is 185 Å². The van der Waals surface area contributed by atoms with Crippen molar-refractivity contribution in [1.29, 1.82) is 0 Å². The summed E-state index contributed by atoms with van der Waals surface area (Å²) in [4.78, 5) is 109. The van der Waals surface area contributed by atoms with Gasteiger partial charge >= 0.3 is 12.2 Å². The minimum absolute atomic E-state index is 0. The average Bonchev–Trinajstić information content (AvgIpc) is 1.60. The standard InChI is InChI=1S/C29H37N7O3S.C24H29N7OS.C16H21N5OS2.C14H20N2O2.ClH/c1-17(2)35-24(37)21-14-30-25(33-23(21)36(35)26-32-22(16-40-26)28(3,4)5)31-20-10-9-19-15-34(12-11-18(19)13-20)27(38)39-29(6,7)8;1-14(2)30-21(32)18-12-26-22(27-17-7-6-16-11-25-9-8-15(16)10-17)29-20(18)31(30)23-28-19(13-33-23)24(3,4)5;1-9(2)20-13(22)10-7-17-14(23-6)19-12(10)21(20)15-18-11(8-24-15)16(3,4)5;1-14(2,3)18-13(17)16-7-6-10-8-12(15)5-4-11(10)9-16;/h9-10,13-14,16-17H,11-12,15H2,1-8H3,(H,30,31,33);6-7,10,12-14,25H,8-9,11H2,1-5H3,(H,26,27,29);7-9H,1-6H3;4-5,8H,6-7,9,15H2,1-3H3;1H. The largest absolute Gasteiger partial charge is 0.444 e. The van der Waals surface area contributed by atoms with E-state index in [-0.39, 0.29) is 75.6 Å². The third kappa shape index (κ3) is 19.5. The first-order valence-corrected chi connectivity index (χ1v) is 42.6. The van der Waals surface area contributed by atoms with Gasteiger partial charge in [0.25, 0.3) is 16.7 Å². The van der Waals surface area contributed by atoms with E-state index < -0.39 is 11.2 Å². The van der Waals surface area contributed by atoms with Gasteiger partial charge in [-0.15, -0.1) is 46.4 Å². The van der Waals surface area contributed by atoms with Gasteiger partial charge in [0.15, 0.2) is 22.1 Å². The summed E-state index contributed by atoms with van der Waals surface area (Å²) in [5.74, 6) is 0.847. The number of nitrogens with one attached hydrogen (secondary N) is 3. The number of fused-ring (bicyclic) bond motifs is 6. The predicted octanol–water partition coefficient (Wildman–Crippen LogP) is 16.9. The van der Waals surface area contributed by atoms with Crippen molar-refractivity contribution in [3.8, 4) is 15.4 Å². The Kier molecular flexibility index (Phi) is 25.8. The quantitative estimate of drug-likeness (QED) is 0.0531. The van der Waals surface area contributed by atoms with Gasteiger partial charge in [-0.2, -0.15) is 9.97 Å². The lowest BCUT2D eigenvalue weighted by atomic mass is 9.93. The number of nitrogens with two attached hydrogens (primary N) is 1. The van der Waals surface area contributed by atoms with Crippen LogP contribution in [0.1, 0.15) is 214 Å². The fourth-order valence-corrected chi connectivity index (χ4v) is 16.7. The SMILES string of the molecule is CC(C)(C)OC(=O)N1CCc2cc(N)ccc2C1.CC(C)n1c(=O)c2cnc(Nc3ccc4c(c3)CCN(C(=O)OC(C)(C)C)C4)nc2n1-c1nc(C(C)(C)C)cs1.CC(C)n1c(=O)c2cnc(Nc3ccc4c(c3)CCNC4)nc2n1-c1nc(C(C)(C)C)cs1.CSc1ncc2c(=O)n(C(C)C)n(-c3nc(C(C)(C)C)cs3)c2n1.Cl. The first-order valence-electron chi connectivity index (χ1n) is 38.8. The van der Waals surface area contributed by atoms with Gasteiger partial charge < -0.3 is 41.0 Å². The first kappa shape index (κ1) is 87.0. The molecule has 12 heterocycles. The van der Waals surface area contributed by atoms with Crippen LogP contribution in [-0.4, -0.2) is 132 Å². The number of amides is 2. The minimum Gasteiger partial charge on any atom is -0.444 e. The second-order valence-corrected chi connectivity index (χ2v) is 38.2. The molecule has 12 aromatic rings. The van der Waals surface area contributed by atoms with Gasteiger partial charge in [0, 0.05) is 119 Å². The van der Waals surface area contributed by atoms with Crippen molar-refractivity contribution in [2.45, 2.75) is 235 Å². The molecule has 0 spiro atoms. The highest BCUT2D eigenvalue weighted by molar-refractivity contribution is 7.98. The molecule has 0 bridgehead atoms. The molecule has 28 nitrogen and oxygen atoms in total. The van der Waals surface area contributed by atoms with E-state index >= 15 is 0 Å². The molecule has 116 heavy (non-hydrogen) atoms. The summed E-state index contributed by atoms with van der Waals surface area (Å²) >= 11 is 6.00. The third-order valence-electron chi connectivity index (χ3n) is 19.2. The number of carbonyl (C=O) groups is 2. The smallest absolute Gasteiger partial charge is 0.410 e. The molecule has 0 unspecified atom stereocenters. The van der Waals surface area contributed by atoms with Gasteiger partial charge in [0.2, 0.25) is 27.3 Å². The van der Waals surface area contributed by atoms with Gasteiger partial charge in [-0.3, -0.25) is 14.4 Å². The van der Waals surface area contributed by atoms with Crippen molar-refractivity contribution in [2.24, 2.45) is 0 Å². The Balaban J connectivity index is 0.000000158. The number of carbonyl (C=O) groups excluding carboxylic acids is 2. The number of aromatic nitrogens is 15. The third-order valence-corrected chi connectivity index (χ3v) is 22.2. The zero-order valence-corrected chi connectivity index (χ0v) is 74.4. The van der Waals surface area contributed by atoms with Crippen molar-refractivity contribution < 1.29 is 19.1 Å². The summed E-state index contributed by atoms with van der Waals surface area (Å²) in [7, 11) is 0. The monoisotopic (exact) mass is 1670 g/mol. The van der Waals surface area contributed by atoms with E-state index in [9.17, 15) is 24.0 Å². The molecule has 0 saturated carbocycles. The fraction of sp³-hybridized carbons (Fsp3) is 0.470. The van der Waals surface area contributed by atoms with Crippen LogP contribution in [0.25, 0.3) is 48.5 Å².